The summed E-state index contributed by atoms with van der Waals surface area (Å²) in [6, 6.07) is -1.10. The summed E-state index contributed by atoms with van der Waals surface area (Å²) < 4.78 is 31.1. The number of carbonyl (C=O) groups is 2. The minimum atomic E-state index is -2.97. The number of amides is 1. The summed E-state index contributed by atoms with van der Waals surface area (Å²) >= 11 is 0. The fourth-order valence-electron chi connectivity index (χ4n) is 4.28. The Hall–Kier alpha value is -2.31. The molecule has 1 fully saturated rings. The number of carboxylic acid groups (broad SMARTS) is 1. The van der Waals surface area contributed by atoms with Crippen molar-refractivity contribution in [2.24, 2.45) is 0 Å². The van der Waals surface area contributed by atoms with Crippen LogP contribution in [0.4, 0.5) is 0 Å². The third kappa shape index (κ3) is 6.61. The largest absolute Gasteiger partial charge is 0.478 e. The van der Waals surface area contributed by atoms with Gasteiger partial charge in [-0.25, -0.2) is 17.9 Å². The van der Waals surface area contributed by atoms with Crippen molar-refractivity contribution < 1.29 is 27.9 Å². The normalized spacial score (nSPS) is 25.6. The second kappa shape index (κ2) is 10.7. The second-order valence-corrected chi connectivity index (χ2v) is 11.0. The molecule has 3 rings (SSSR count). The van der Waals surface area contributed by atoms with Gasteiger partial charge in [0.15, 0.2) is 9.84 Å². The lowest BCUT2D eigenvalue weighted by atomic mass is 9.87. The van der Waals surface area contributed by atoms with Crippen molar-refractivity contribution in [1.82, 2.24) is 25.2 Å². The minimum absolute atomic E-state index is 0.0539. The fraction of sp³-hybridized carbons (Fsp3) is 0.714. The summed E-state index contributed by atoms with van der Waals surface area (Å²) in [6.45, 7) is 6.73. The van der Waals surface area contributed by atoms with Gasteiger partial charge in [0, 0.05) is 38.6 Å². The van der Waals surface area contributed by atoms with E-state index >= 15 is 0 Å². The maximum atomic E-state index is 12.0. The summed E-state index contributed by atoms with van der Waals surface area (Å²) in [5.74, 6) is -1.04. The average Bonchev–Trinajstić information content (AvgIpc) is 3.22. The number of aromatic nitrogens is 3. The third-order valence-corrected chi connectivity index (χ3v) is 7.78. The Kier molecular flexibility index (Phi) is 8.24. The highest BCUT2D eigenvalue weighted by Gasteiger charge is 2.39. The number of nitrogens with zero attached hydrogens (tertiary/aromatic N) is 4. The van der Waals surface area contributed by atoms with Gasteiger partial charge in [0.2, 0.25) is 5.91 Å². The molecule has 0 aromatic carbocycles. The van der Waals surface area contributed by atoms with Crippen molar-refractivity contribution >= 4 is 21.7 Å². The molecule has 33 heavy (non-hydrogen) atoms. The lowest BCUT2D eigenvalue weighted by molar-refractivity contribution is -0.134. The zero-order valence-electron chi connectivity index (χ0n) is 19.3. The van der Waals surface area contributed by atoms with Crippen LogP contribution in [0.25, 0.3) is 0 Å². The van der Waals surface area contributed by atoms with Crippen LogP contribution in [-0.2, 0) is 30.7 Å². The van der Waals surface area contributed by atoms with Gasteiger partial charge in [0.05, 0.1) is 47.7 Å². The van der Waals surface area contributed by atoms with E-state index in [9.17, 15) is 23.1 Å². The van der Waals surface area contributed by atoms with E-state index in [1.807, 2.05) is 18.7 Å². The number of rotatable bonds is 9. The van der Waals surface area contributed by atoms with Crippen LogP contribution in [0.1, 0.15) is 51.8 Å². The van der Waals surface area contributed by atoms with Crippen LogP contribution in [0.3, 0.4) is 0 Å². The van der Waals surface area contributed by atoms with Gasteiger partial charge >= 0.3 is 5.97 Å². The molecule has 2 heterocycles. The van der Waals surface area contributed by atoms with Crippen LogP contribution < -0.4 is 5.32 Å². The first-order valence-electron chi connectivity index (χ1n) is 11.3. The Morgan fingerprint density at radius 3 is 2.52 bits per heavy atom. The summed E-state index contributed by atoms with van der Waals surface area (Å²) in [7, 11) is -2.97. The molecule has 2 aliphatic rings. The van der Waals surface area contributed by atoms with Crippen molar-refractivity contribution in [3.8, 4) is 0 Å². The molecule has 0 radical (unpaired) electrons. The Balaban J connectivity index is 1.85. The highest BCUT2D eigenvalue weighted by Crippen LogP contribution is 2.31. The van der Waals surface area contributed by atoms with Gasteiger partial charge in [-0.05, 0) is 18.9 Å². The number of ether oxygens (including phenoxy) is 1. The Bertz CT molecular complexity index is 973. The number of nitrogens with one attached hydrogen (secondary N) is 1. The molecule has 1 aromatic rings. The molecule has 3 atom stereocenters. The maximum absolute atomic E-state index is 12.0. The quantitative estimate of drug-likeness (QED) is 0.514. The maximum Gasteiger partial charge on any atom is 0.331 e. The topological polar surface area (TPSA) is 144 Å². The van der Waals surface area contributed by atoms with Gasteiger partial charge in [-0.2, -0.15) is 0 Å². The SMILES string of the molecule is CCC(CC)O[C@H]1CC(C(=O)O)=C[C@@H](n2cc(CN3CCS(=O)(=O)CC3)nn2)[C@@H]1NC(C)=O. The molecule has 1 aromatic heterocycles. The van der Waals surface area contributed by atoms with Crippen molar-refractivity contribution in [2.45, 2.75) is 70.9 Å². The molecule has 1 saturated heterocycles. The molecule has 1 aliphatic carbocycles. The van der Waals surface area contributed by atoms with Crippen LogP contribution >= 0.6 is 0 Å². The number of hydrogen-bond donors (Lipinski definition) is 2. The first kappa shape index (κ1) is 25.3. The van der Waals surface area contributed by atoms with Gasteiger partial charge in [-0.1, -0.05) is 19.1 Å². The number of hydrogen-bond acceptors (Lipinski definition) is 8. The Morgan fingerprint density at radius 2 is 1.94 bits per heavy atom. The molecular weight excluding hydrogens is 450 g/mol. The molecule has 1 aliphatic heterocycles. The molecule has 0 unspecified atom stereocenters. The van der Waals surface area contributed by atoms with Crippen molar-refractivity contribution in [2.75, 3.05) is 24.6 Å². The fourth-order valence-corrected chi connectivity index (χ4v) is 5.56. The third-order valence-electron chi connectivity index (χ3n) is 6.17. The smallest absolute Gasteiger partial charge is 0.331 e. The van der Waals surface area contributed by atoms with Gasteiger partial charge < -0.3 is 15.2 Å². The molecule has 1 amide bonds. The zero-order chi connectivity index (χ0) is 24.2. The molecular formula is C21H33N5O6S. The highest BCUT2D eigenvalue weighted by atomic mass is 32.2. The molecule has 11 nitrogen and oxygen atoms in total. The number of carbonyl (C=O) groups excluding carboxylic acids is 1. The molecule has 12 heteroatoms. The summed E-state index contributed by atoms with van der Waals surface area (Å²) in [4.78, 5) is 25.8. The van der Waals surface area contributed by atoms with Crippen LogP contribution in [0.2, 0.25) is 0 Å². The van der Waals surface area contributed by atoms with Crippen molar-refractivity contribution in [3.63, 3.8) is 0 Å². The predicted octanol–water partition coefficient (Wildman–Crippen LogP) is 0.543. The Morgan fingerprint density at radius 1 is 1.27 bits per heavy atom. The van der Waals surface area contributed by atoms with Crippen LogP contribution in [0.5, 0.6) is 0 Å². The van der Waals surface area contributed by atoms with E-state index in [0.717, 1.165) is 12.8 Å². The first-order valence-corrected chi connectivity index (χ1v) is 13.1. The van der Waals surface area contributed by atoms with Crippen molar-refractivity contribution in [1.29, 1.82) is 0 Å². The monoisotopic (exact) mass is 483 g/mol. The van der Waals surface area contributed by atoms with E-state index in [2.05, 4.69) is 15.6 Å². The Labute approximate surface area is 194 Å². The standard InChI is InChI=1S/C21H33N5O6S/c1-4-17(5-2)32-19-11-15(21(28)29)10-18(20(19)22-14(3)27)26-13-16(23-24-26)12-25-6-8-33(30,31)9-7-25/h10,13,17-20H,4-9,11-12H2,1-3H3,(H,22,27)(H,28,29)/t18-,19+,20+/m1/s1. The average molecular weight is 484 g/mol. The lowest BCUT2D eigenvalue weighted by Crippen LogP contribution is -2.52. The molecule has 184 valence electrons. The molecule has 0 saturated carbocycles. The molecule has 0 spiro atoms. The van der Waals surface area contributed by atoms with E-state index in [1.54, 1.807) is 17.0 Å². The first-order chi connectivity index (χ1) is 15.6. The molecule has 2 N–H and O–H groups in total. The number of sulfone groups is 1. The van der Waals surface area contributed by atoms with Crippen LogP contribution in [0, 0.1) is 0 Å². The van der Waals surface area contributed by atoms with Gasteiger partial charge in [0.1, 0.15) is 0 Å². The van der Waals surface area contributed by atoms with Crippen molar-refractivity contribution in [3.05, 3.63) is 23.5 Å². The summed E-state index contributed by atoms with van der Waals surface area (Å²) in [5.41, 5.74) is 0.847. The van der Waals surface area contributed by atoms with Crippen LogP contribution in [0.15, 0.2) is 17.8 Å². The van der Waals surface area contributed by atoms with Gasteiger partial charge in [-0.15, -0.1) is 5.10 Å². The van der Waals surface area contributed by atoms with E-state index in [1.165, 1.54) is 6.92 Å². The van der Waals surface area contributed by atoms with Gasteiger partial charge in [-0.3, -0.25) is 9.69 Å². The number of aliphatic carboxylic acids is 1. The predicted molar refractivity (Wildman–Crippen MR) is 120 cm³/mol. The van der Waals surface area contributed by atoms with Crippen LogP contribution in [-0.4, -0.2) is 88.1 Å². The zero-order valence-corrected chi connectivity index (χ0v) is 20.1. The van der Waals surface area contributed by atoms with E-state index in [0.29, 0.717) is 25.3 Å². The summed E-state index contributed by atoms with van der Waals surface area (Å²) in [5, 5.41) is 21.0. The molecule has 0 bridgehead atoms. The van der Waals surface area contributed by atoms with E-state index < -0.39 is 34.0 Å². The highest BCUT2D eigenvalue weighted by molar-refractivity contribution is 7.91. The summed E-state index contributed by atoms with van der Waals surface area (Å²) in [6.07, 6.45) is 4.46. The lowest BCUT2D eigenvalue weighted by Gasteiger charge is -2.38. The number of carboxylic acids is 1. The second-order valence-electron chi connectivity index (χ2n) is 8.65. The van der Waals surface area contributed by atoms with Gasteiger partial charge in [0.25, 0.3) is 0 Å². The van der Waals surface area contributed by atoms with E-state index in [-0.39, 0.29) is 35.5 Å². The van der Waals surface area contributed by atoms with E-state index in [4.69, 9.17) is 4.74 Å². The minimum Gasteiger partial charge on any atom is -0.478 e.